The second-order valence-corrected chi connectivity index (χ2v) is 10.7. The highest BCUT2D eigenvalue weighted by molar-refractivity contribution is 6.32. The van der Waals surface area contributed by atoms with Crippen molar-refractivity contribution in [1.29, 1.82) is 0 Å². The van der Waals surface area contributed by atoms with Crippen molar-refractivity contribution in [3.05, 3.63) is 117 Å². The van der Waals surface area contributed by atoms with Crippen LogP contribution in [0.3, 0.4) is 0 Å². The van der Waals surface area contributed by atoms with Gasteiger partial charge in [-0.25, -0.2) is 0 Å². The van der Waals surface area contributed by atoms with Gasteiger partial charge in [-0.2, -0.15) is 5.10 Å². The van der Waals surface area contributed by atoms with E-state index in [0.717, 1.165) is 0 Å². The summed E-state index contributed by atoms with van der Waals surface area (Å²) in [6.07, 6.45) is 0.0872. The fourth-order valence-corrected chi connectivity index (χ4v) is 5.12. The van der Waals surface area contributed by atoms with Crippen molar-refractivity contribution in [3.63, 3.8) is 0 Å². The van der Waals surface area contributed by atoms with Crippen molar-refractivity contribution in [2.75, 3.05) is 30.3 Å². The van der Waals surface area contributed by atoms with Gasteiger partial charge in [0, 0.05) is 33.6 Å². The van der Waals surface area contributed by atoms with Crippen LogP contribution in [0, 0.1) is 0 Å². The van der Waals surface area contributed by atoms with E-state index in [1.165, 1.54) is 44.6 Å². The third-order valence-electron chi connectivity index (χ3n) is 7.35. The molecule has 1 aliphatic rings. The summed E-state index contributed by atoms with van der Waals surface area (Å²) >= 11 is 6.26. The number of hydrogen-bond acceptors (Lipinski definition) is 9. The number of nitrogens with one attached hydrogen (secondary N) is 3. The molecule has 0 aliphatic heterocycles. The second-order valence-electron chi connectivity index (χ2n) is 10.3. The van der Waals surface area contributed by atoms with Crippen molar-refractivity contribution >= 4 is 58.2 Å². The number of hydrogen-bond donors (Lipinski definition) is 6. The molecular weight excluding hydrogens is 626 g/mol. The predicted octanol–water partition coefficient (Wildman–Crippen LogP) is 4.41. The SMILES string of the molecule is COc1cc(CO)c(NC(=O)C2=Cc3ccccc3/C(=N\Nc3cc(C(=O)Nc4ccc(C(N)=O)cc4)ccc3OC)C2O)cc1Cl. The lowest BCUT2D eigenvalue weighted by Gasteiger charge is -2.24. The van der Waals surface area contributed by atoms with Gasteiger partial charge in [-0.05, 0) is 66.2 Å². The summed E-state index contributed by atoms with van der Waals surface area (Å²) in [6, 6.07) is 20.8. The Hall–Kier alpha value is -5.69. The molecule has 0 aromatic heterocycles. The monoisotopic (exact) mass is 655 g/mol. The molecule has 12 nitrogen and oxygen atoms in total. The molecule has 1 aliphatic carbocycles. The Morgan fingerprint density at radius 2 is 1.57 bits per heavy atom. The minimum absolute atomic E-state index is 0.0115. The number of amides is 3. The van der Waals surface area contributed by atoms with E-state index in [1.54, 1.807) is 54.6 Å². The molecule has 0 fully saturated rings. The van der Waals surface area contributed by atoms with Crippen molar-refractivity contribution in [1.82, 2.24) is 0 Å². The first-order valence-electron chi connectivity index (χ1n) is 14.1. The number of halogens is 1. The molecule has 4 aromatic rings. The van der Waals surface area contributed by atoms with Gasteiger partial charge in [-0.3, -0.25) is 19.8 Å². The second kappa shape index (κ2) is 14.2. The number of ether oxygens (including phenoxy) is 2. The lowest BCUT2D eigenvalue weighted by Crippen LogP contribution is -2.34. The topological polar surface area (TPSA) is 185 Å². The maximum absolute atomic E-state index is 13.5. The maximum atomic E-state index is 13.5. The number of carbonyl (C=O) groups excluding carboxylic acids is 3. The number of aliphatic hydroxyl groups is 2. The van der Waals surface area contributed by atoms with Gasteiger partial charge in [-0.15, -0.1) is 0 Å². The summed E-state index contributed by atoms with van der Waals surface area (Å²) < 4.78 is 10.7. The molecule has 13 heteroatoms. The molecule has 3 amide bonds. The van der Waals surface area contributed by atoms with Crippen LogP contribution in [0.5, 0.6) is 11.5 Å². The molecule has 0 saturated carbocycles. The highest BCUT2D eigenvalue weighted by Gasteiger charge is 2.31. The zero-order valence-electron chi connectivity index (χ0n) is 25.2. The van der Waals surface area contributed by atoms with Gasteiger partial charge in [0.2, 0.25) is 5.91 Å². The number of methoxy groups -OCH3 is 2. The Balaban J connectivity index is 1.42. The van der Waals surface area contributed by atoms with Gasteiger partial charge in [0.15, 0.2) is 0 Å². The Bertz CT molecular complexity index is 1920. The molecule has 0 saturated heterocycles. The highest BCUT2D eigenvalue weighted by atomic mass is 35.5. The first-order chi connectivity index (χ1) is 22.6. The Morgan fingerprint density at radius 1 is 0.872 bits per heavy atom. The number of fused-ring (bicyclic) bond motifs is 1. The van der Waals surface area contributed by atoms with Crippen molar-refractivity contribution in [3.8, 4) is 11.5 Å². The number of aliphatic hydroxyl groups excluding tert-OH is 2. The number of rotatable bonds is 10. The van der Waals surface area contributed by atoms with Crippen LogP contribution in [-0.4, -0.2) is 54.0 Å². The number of anilines is 3. The average molecular weight is 656 g/mol. The first-order valence-corrected chi connectivity index (χ1v) is 14.5. The number of carbonyl (C=O) groups is 3. The van der Waals surface area contributed by atoms with Crippen molar-refractivity contribution < 1.29 is 34.1 Å². The third-order valence-corrected chi connectivity index (χ3v) is 7.64. The lowest BCUT2D eigenvalue weighted by molar-refractivity contribution is -0.113. The molecule has 5 rings (SSSR count). The molecular formula is C34H30ClN5O7. The molecule has 47 heavy (non-hydrogen) atoms. The summed E-state index contributed by atoms with van der Waals surface area (Å²) in [5, 5.41) is 31.5. The van der Waals surface area contributed by atoms with E-state index in [4.69, 9.17) is 26.8 Å². The minimum Gasteiger partial charge on any atom is -0.495 e. The summed E-state index contributed by atoms with van der Waals surface area (Å²) in [6.45, 7) is -0.398. The van der Waals surface area contributed by atoms with Crippen LogP contribution >= 0.6 is 11.6 Å². The smallest absolute Gasteiger partial charge is 0.255 e. The molecule has 0 heterocycles. The van der Waals surface area contributed by atoms with Gasteiger partial charge < -0.3 is 36.1 Å². The third kappa shape index (κ3) is 7.10. The quantitative estimate of drug-likeness (QED) is 0.136. The van der Waals surface area contributed by atoms with E-state index in [1.807, 2.05) is 0 Å². The maximum Gasteiger partial charge on any atom is 0.255 e. The summed E-state index contributed by atoms with van der Waals surface area (Å²) in [5.41, 5.74) is 11.4. The van der Waals surface area contributed by atoms with E-state index in [2.05, 4.69) is 21.2 Å². The molecule has 240 valence electrons. The molecule has 0 radical (unpaired) electrons. The molecule has 0 spiro atoms. The lowest BCUT2D eigenvalue weighted by atomic mass is 9.87. The van der Waals surface area contributed by atoms with Gasteiger partial charge in [0.25, 0.3) is 11.8 Å². The molecule has 1 unspecified atom stereocenters. The molecule has 1 atom stereocenters. The van der Waals surface area contributed by atoms with Crippen LogP contribution < -0.4 is 31.3 Å². The van der Waals surface area contributed by atoms with E-state index in [9.17, 15) is 24.6 Å². The van der Waals surface area contributed by atoms with Crippen LogP contribution in [0.25, 0.3) is 6.08 Å². The standard InChI is InChI=1S/C34H30ClN5O7/c1-46-28-12-9-20(33(44)37-22-10-7-18(8-11-22)32(36)43)14-27(28)39-40-30-23-6-4-3-5-19(23)13-24(31(30)42)34(45)38-26-16-25(35)29(47-2)15-21(26)17-41/h3-16,31,39,41-42H,17H2,1-2H3,(H2,36,43)(H,37,44)(H,38,45)/b40-30+. The van der Waals surface area contributed by atoms with Gasteiger partial charge in [0.1, 0.15) is 23.3 Å². The van der Waals surface area contributed by atoms with Gasteiger partial charge >= 0.3 is 0 Å². The van der Waals surface area contributed by atoms with E-state index < -0.39 is 30.4 Å². The van der Waals surface area contributed by atoms with Crippen molar-refractivity contribution in [2.24, 2.45) is 10.8 Å². The van der Waals surface area contributed by atoms with Crippen LogP contribution in [-0.2, 0) is 11.4 Å². The van der Waals surface area contributed by atoms with Crippen LogP contribution in [0.4, 0.5) is 17.1 Å². The molecule has 7 N–H and O–H groups in total. The van der Waals surface area contributed by atoms with Crippen LogP contribution in [0.1, 0.15) is 37.4 Å². The Labute approximate surface area is 274 Å². The summed E-state index contributed by atoms with van der Waals surface area (Å²) in [4.78, 5) is 37.9. The number of nitrogens with zero attached hydrogens (tertiary/aromatic N) is 1. The van der Waals surface area contributed by atoms with Crippen LogP contribution in [0.2, 0.25) is 5.02 Å². The molecule has 0 bridgehead atoms. The first kappa shape index (κ1) is 32.7. The molecule has 4 aromatic carbocycles. The zero-order valence-corrected chi connectivity index (χ0v) is 26.0. The number of primary amides is 1. The Morgan fingerprint density at radius 3 is 2.26 bits per heavy atom. The summed E-state index contributed by atoms with van der Waals surface area (Å²) in [5.74, 6) is -0.980. The van der Waals surface area contributed by atoms with Crippen molar-refractivity contribution in [2.45, 2.75) is 12.7 Å². The fourth-order valence-electron chi connectivity index (χ4n) is 4.88. The number of hydrazone groups is 1. The van der Waals surface area contributed by atoms with Crippen LogP contribution in [0.15, 0.2) is 89.5 Å². The highest BCUT2D eigenvalue weighted by Crippen LogP contribution is 2.33. The van der Waals surface area contributed by atoms with E-state index in [-0.39, 0.29) is 27.6 Å². The number of benzene rings is 4. The van der Waals surface area contributed by atoms with E-state index in [0.29, 0.717) is 45.1 Å². The normalized spacial score (nSPS) is 14.4. The van der Waals surface area contributed by atoms with E-state index >= 15 is 0 Å². The number of nitrogens with two attached hydrogens (primary N) is 1. The summed E-state index contributed by atoms with van der Waals surface area (Å²) in [7, 11) is 2.89. The zero-order chi connectivity index (χ0) is 33.7. The van der Waals surface area contributed by atoms with Gasteiger partial charge in [0.05, 0.1) is 37.1 Å². The predicted molar refractivity (Wildman–Crippen MR) is 179 cm³/mol. The Kier molecular flexibility index (Phi) is 9.85. The largest absolute Gasteiger partial charge is 0.495 e. The minimum atomic E-state index is -1.47. The van der Waals surface area contributed by atoms with Gasteiger partial charge in [-0.1, -0.05) is 35.9 Å². The fraction of sp³-hybridized carbons (Fsp3) is 0.118. The average Bonchev–Trinajstić information content (AvgIpc) is 3.07.